The van der Waals surface area contributed by atoms with Crippen LogP contribution >= 0.6 is 23.2 Å². The number of carbonyl (C=O) groups is 1. The van der Waals surface area contributed by atoms with Gasteiger partial charge in [-0.3, -0.25) is 4.79 Å². The Morgan fingerprint density at radius 3 is 2.83 bits per heavy atom. The maximum absolute atomic E-state index is 12.3. The van der Waals surface area contributed by atoms with Gasteiger partial charge in [-0.15, -0.1) is 0 Å². The van der Waals surface area contributed by atoms with E-state index in [2.05, 4.69) is 20.6 Å². The predicted molar refractivity (Wildman–Crippen MR) is 92.5 cm³/mol. The third-order valence-electron chi connectivity index (χ3n) is 3.10. The molecule has 0 aliphatic carbocycles. The zero-order valence-corrected chi connectivity index (χ0v) is 13.8. The van der Waals surface area contributed by atoms with Crippen molar-refractivity contribution in [1.82, 2.24) is 9.97 Å². The summed E-state index contributed by atoms with van der Waals surface area (Å²) in [5, 5.41) is 6.58. The Morgan fingerprint density at radius 2 is 2.04 bits per heavy atom. The second-order valence-electron chi connectivity index (χ2n) is 4.80. The highest BCUT2D eigenvalue weighted by Crippen LogP contribution is 2.25. The number of benzene rings is 1. The highest BCUT2D eigenvalue weighted by atomic mass is 35.5. The van der Waals surface area contributed by atoms with Crippen molar-refractivity contribution in [2.75, 3.05) is 10.6 Å². The molecule has 0 aliphatic heterocycles. The summed E-state index contributed by atoms with van der Waals surface area (Å²) in [4.78, 5) is 20.4. The molecule has 0 bridgehead atoms. The zero-order valence-electron chi connectivity index (χ0n) is 12.3. The first kappa shape index (κ1) is 16.3. The van der Waals surface area contributed by atoms with Crippen molar-refractivity contribution >= 4 is 40.6 Å². The summed E-state index contributed by atoms with van der Waals surface area (Å²) in [5.41, 5.74) is 0.612. The largest absolute Gasteiger partial charge is 0.467 e. The van der Waals surface area contributed by atoms with E-state index in [-0.39, 0.29) is 5.69 Å². The van der Waals surface area contributed by atoms with E-state index in [1.807, 2.05) is 6.07 Å². The van der Waals surface area contributed by atoms with E-state index in [1.165, 1.54) is 12.4 Å². The molecule has 3 aromatic rings. The smallest absolute Gasteiger partial charge is 0.274 e. The van der Waals surface area contributed by atoms with Crippen LogP contribution in [0.1, 0.15) is 16.2 Å². The minimum Gasteiger partial charge on any atom is -0.467 e. The number of aromatic nitrogens is 2. The Bertz CT molecular complexity index is 853. The first-order chi connectivity index (χ1) is 11.6. The van der Waals surface area contributed by atoms with Gasteiger partial charge in [0.25, 0.3) is 5.91 Å². The minimum atomic E-state index is -0.414. The molecule has 0 atom stereocenters. The lowest BCUT2D eigenvalue weighted by Crippen LogP contribution is -2.15. The van der Waals surface area contributed by atoms with Crippen molar-refractivity contribution in [3.05, 3.63) is 70.5 Å². The normalized spacial score (nSPS) is 10.4. The SMILES string of the molecule is O=C(Nc1cc(Cl)ccc1Cl)c1cc(NCc2ccco2)ncn1. The Hall–Kier alpha value is -2.57. The molecule has 0 fully saturated rings. The van der Waals surface area contributed by atoms with Gasteiger partial charge in [0.15, 0.2) is 0 Å². The third kappa shape index (κ3) is 4.04. The molecule has 0 radical (unpaired) electrons. The molecule has 0 aliphatic rings. The van der Waals surface area contributed by atoms with Crippen LogP contribution in [-0.2, 0) is 6.54 Å². The van der Waals surface area contributed by atoms with Gasteiger partial charge in [-0.2, -0.15) is 0 Å². The Kier molecular flexibility index (Phi) is 4.98. The van der Waals surface area contributed by atoms with E-state index in [9.17, 15) is 4.79 Å². The number of rotatable bonds is 5. The van der Waals surface area contributed by atoms with Gasteiger partial charge in [0.1, 0.15) is 23.6 Å². The summed E-state index contributed by atoms with van der Waals surface area (Å²) in [7, 11) is 0. The van der Waals surface area contributed by atoms with Crippen LogP contribution in [0.2, 0.25) is 10.0 Å². The van der Waals surface area contributed by atoms with Crippen molar-refractivity contribution in [1.29, 1.82) is 0 Å². The van der Waals surface area contributed by atoms with Gasteiger partial charge in [0.05, 0.1) is 23.5 Å². The van der Waals surface area contributed by atoms with Crippen molar-refractivity contribution in [3.8, 4) is 0 Å². The molecule has 1 aromatic carbocycles. The molecule has 1 amide bonds. The molecular formula is C16H12Cl2N4O2. The average molecular weight is 363 g/mol. The van der Waals surface area contributed by atoms with Gasteiger partial charge in [-0.25, -0.2) is 9.97 Å². The maximum atomic E-state index is 12.3. The lowest BCUT2D eigenvalue weighted by molar-refractivity contribution is 0.102. The van der Waals surface area contributed by atoms with Crippen LogP contribution < -0.4 is 10.6 Å². The molecule has 6 nitrogen and oxygen atoms in total. The second-order valence-corrected chi connectivity index (χ2v) is 5.64. The second kappa shape index (κ2) is 7.33. The number of nitrogens with one attached hydrogen (secondary N) is 2. The summed E-state index contributed by atoms with van der Waals surface area (Å²) in [5.74, 6) is 0.844. The highest BCUT2D eigenvalue weighted by molar-refractivity contribution is 6.35. The van der Waals surface area contributed by atoms with Crippen molar-refractivity contribution in [2.24, 2.45) is 0 Å². The molecule has 8 heteroatoms. The molecule has 0 spiro atoms. The zero-order chi connectivity index (χ0) is 16.9. The number of anilines is 2. The maximum Gasteiger partial charge on any atom is 0.274 e. The molecule has 24 heavy (non-hydrogen) atoms. The molecule has 2 N–H and O–H groups in total. The monoisotopic (exact) mass is 362 g/mol. The van der Waals surface area contributed by atoms with Crippen molar-refractivity contribution < 1.29 is 9.21 Å². The topological polar surface area (TPSA) is 80.0 Å². The quantitative estimate of drug-likeness (QED) is 0.709. The first-order valence-electron chi connectivity index (χ1n) is 6.96. The van der Waals surface area contributed by atoms with Crippen LogP contribution in [-0.4, -0.2) is 15.9 Å². The van der Waals surface area contributed by atoms with Gasteiger partial charge < -0.3 is 15.1 Å². The summed E-state index contributed by atoms with van der Waals surface area (Å²) in [6, 6.07) is 9.99. The van der Waals surface area contributed by atoms with Crippen LogP contribution in [0.5, 0.6) is 0 Å². The fourth-order valence-electron chi connectivity index (χ4n) is 1.95. The molecule has 2 heterocycles. The summed E-state index contributed by atoms with van der Waals surface area (Å²) < 4.78 is 5.22. The lowest BCUT2D eigenvalue weighted by Gasteiger charge is -2.08. The van der Waals surface area contributed by atoms with E-state index in [1.54, 1.807) is 30.5 Å². The third-order valence-corrected chi connectivity index (χ3v) is 3.66. The van der Waals surface area contributed by atoms with E-state index in [0.29, 0.717) is 28.1 Å². The van der Waals surface area contributed by atoms with Gasteiger partial charge >= 0.3 is 0 Å². The van der Waals surface area contributed by atoms with Gasteiger partial charge in [0, 0.05) is 11.1 Å². The Balaban J connectivity index is 1.70. The molecule has 2 aromatic heterocycles. The molecular weight excluding hydrogens is 351 g/mol. The fraction of sp³-hybridized carbons (Fsp3) is 0.0625. The molecule has 122 valence electrons. The Labute approximate surface area is 147 Å². The van der Waals surface area contributed by atoms with Crippen LogP contribution in [0.3, 0.4) is 0 Å². The standard InChI is InChI=1S/C16H12Cl2N4O2/c17-10-3-4-12(18)13(6-10)22-16(23)14-7-15(21-9-20-14)19-8-11-2-1-5-24-11/h1-7,9H,8H2,(H,22,23)(H,19,20,21). The van der Waals surface area contributed by atoms with E-state index < -0.39 is 5.91 Å². The van der Waals surface area contributed by atoms with Crippen molar-refractivity contribution in [2.45, 2.75) is 6.54 Å². The number of halogens is 2. The number of furan rings is 1. The van der Waals surface area contributed by atoms with Gasteiger partial charge in [-0.1, -0.05) is 23.2 Å². The van der Waals surface area contributed by atoms with Crippen molar-refractivity contribution in [3.63, 3.8) is 0 Å². The molecule has 0 saturated carbocycles. The summed E-state index contributed by atoms with van der Waals surface area (Å²) in [6.07, 6.45) is 2.89. The first-order valence-corrected chi connectivity index (χ1v) is 7.72. The number of hydrogen-bond acceptors (Lipinski definition) is 5. The molecule has 3 rings (SSSR count). The lowest BCUT2D eigenvalue weighted by atomic mass is 10.3. The van der Waals surface area contributed by atoms with E-state index >= 15 is 0 Å². The van der Waals surface area contributed by atoms with Gasteiger partial charge in [0.2, 0.25) is 0 Å². The van der Waals surface area contributed by atoms with Crippen LogP contribution in [0.25, 0.3) is 0 Å². The average Bonchev–Trinajstić information content (AvgIpc) is 3.10. The number of hydrogen-bond donors (Lipinski definition) is 2. The highest BCUT2D eigenvalue weighted by Gasteiger charge is 2.11. The summed E-state index contributed by atoms with van der Waals surface area (Å²) >= 11 is 11.9. The Morgan fingerprint density at radius 1 is 1.17 bits per heavy atom. The number of nitrogens with zero attached hydrogens (tertiary/aromatic N) is 2. The number of carbonyl (C=O) groups excluding carboxylic acids is 1. The van der Waals surface area contributed by atoms with Crippen LogP contribution in [0.15, 0.2) is 53.4 Å². The van der Waals surface area contributed by atoms with Crippen LogP contribution in [0, 0.1) is 0 Å². The van der Waals surface area contributed by atoms with Gasteiger partial charge in [-0.05, 0) is 30.3 Å². The molecule has 0 saturated heterocycles. The van der Waals surface area contributed by atoms with Crippen LogP contribution in [0.4, 0.5) is 11.5 Å². The fourth-order valence-corrected chi connectivity index (χ4v) is 2.29. The minimum absolute atomic E-state index is 0.197. The summed E-state index contributed by atoms with van der Waals surface area (Å²) in [6.45, 7) is 0.450. The number of amides is 1. The predicted octanol–water partition coefficient (Wildman–Crippen LogP) is 4.24. The molecule has 0 unspecified atom stereocenters. The van der Waals surface area contributed by atoms with E-state index in [4.69, 9.17) is 27.6 Å². The van der Waals surface area contributed by atoms with E-state index in [0.717, 1.165) is 5.76 Å².